The molecule has 1 atom stereocenters. The molecule has 0 fully saturated rings. The predicted molar refractivity (Wildman–Crippen MR) is 62.3 cm³/mol. The summed E-state index contributed by atoms with van der Waals surface area (Å²) in [5, 5.41) is 8.65. The summed E-state index contributed by atoms with van der Waals surface area (Å²) in [4.78, 5) is 21.9. The van der Waals surface area contributed by atoms with Crippen molar-refractivity contribution < 1.29 is 19.4 Å². The van der Waals surface area contributed by atoms with Gasteiger partial charge in [-0.15, -0.1) is 0 Å². The summed E-state index contributed by atoms with van der Waals surface area (Å²) in [5.41, 5.74) is 0.923. The van der Waals surface area contributed by atoms with Crippen molar-refractivity contribution in [2.45, 2.75) is 26.4 Å². The van der Waals surface area contributed by atoms with E-state index >= 15 is 0 Å². The van der Waals surface area contributed by atoms with Crippen LogP contribution in [0.4, 0.5) is 0 Å². The number of benzene rings is 1. The van der Waals surface area contributed by atoms with Crippen molar-refractivity contribution in [2.75, 3.05) is 0 Å². The summed E-state index contributed by atoms with van der Waals surface area (Å²) < 4.78 is 5.03. The van der Waals surface area contributed by atoms with E-state index in [1.165, 1.54) is 0 Å². The molecule has 1 aromatic rings. The van der Waals surface area contributed by atoms with Crippen LogP contribution in [0.3, 0.4) is 0 Å². The second-order valence-corrected chi connectivity index (χ2v) is 3.92. The molecule has 1 aromatic carbocycles. The Kier molecular flexibility index (Phi) is 5.20. The van der Waals surface area contributed by atoms with Crippen LogP contribution in [-0.4, -0.2) is 17.0 Å². The van der Waals surface area contributed by atoms with Crippen LogP contribution in [0.1, 0.15) is 25.3 Å². The van der Waals surface area contributed by atoms with Crippen LogP contribution in [0.25, 0.3) is 0 Å². The summed E-state index contributed by atoms with van der Waals surface area (Å²) in [6.45, 7) is 1.81. The first-order chi connectivity index (χ1) is 8.09. The lowest BCUT2D eigenvalue weighted by Crippen LogP contribution is -2.12. The van der Waals surface area contributed by atoms with Crippen LogP contribution in [-0.2, 0) is 20.9 Å². The van der Waals surface area contributed by atoms with Crippen molar-refractivity contribution in [3.05, 3.63) is 35.9 Å². The van der Waals surface area contributed by atoms with Gasteiger partial charge in [0.15, 0.2) is 0 Å². The highest BCUT2D eigenvalue weighted by molar-refractivity contribution is 5.72. The van der Waals surface area contributed by atoms with Gasteiger partial charge >= 0.3 is 11.9 Å². The van der Waals surface area contributed by atoms with Gasteiger partial charge in [-0.1, -0.05) is 37.3 Å². The van der Waals surface area contributed by atoms with Gasteiger partial charge < -0.3 is 9.84 Å². The van der Waals surface area contributed by atoms with Gasteiger partial charge in [0.1, 0.15) is 6.61 Å². The molecule has 0 saturated carbocycles. The molecule has 0 spiro atoms. The predicted octanol–water partition coefficient (Wildman–Crippen LogP) is 2.23. The second-order valence-electron chi connectivity index (χ2n) is 3.92. The fourth-order valence-electron chi connectivity index (χ4n) is 1.27. The van der Waals surface area contributed by atoms with E-state index < -0.39 is 11.9 Å². The Balaban J connectivity index is 2.24. The number of carboxylic acids is 1. The van der Waals surface area contributed by atoms with Crippen LogP contribution < -0.4 is 0 Å². The van der Waals surface area contributed by atoms with E-state index in [2.05, 4.69) is 0 Å². The number of carbonyl (C=O) groups is 2. The van der Waals surface area contributed by atoms with Gasteiger partial charge in [-0.25, -0.2) is 0 Å². The molecule has 0 radical (unpaired) electrons. The molecule has 4 heteroatoms. The van der Waals surface area contributed by atoms with E-state index in [1.807, 2.05) is 30.3 Å². The summed E-state index contributed by atoms with van der Waals surface area (Å²) in [6, 6.07) is 9.37. The zero-order valence-electron chi connectivity index (χ0n) is 9.76. The third kappa shape index (κ3) is 5.15. The average molecular weight is 236 g/mol. The fraction of sp³-hybridized carbons (Fsp3) is 0.385. The number of carbonyl (C=O) groups excluding carboxylic acids is 1. The molecule has 0 aliphatic carbocycles. The van der Waals surface area contributed by atoms with E-state index in [-0.39, 0.29) is 19.0 Å². The summed E-state index contributed by atoms with van der Waals surface area (Å²) in [6.07, 6.45) is 0.448. The highest BCUT2D eigenvalue weighted by Gasteiger charge is 2.13. The lowest BCUT2D eigenvalue weighted by molar-refractivity contribution is -0.146. The minimum Gasteiger partial charge on any atom is -0.481 e. The van der Waals surface area contributed by atoms with Crippen LogP contribution in [0, 0.1) is 5.92 Å². The largest absolute Gasteiger partial charge is 0.481 e. The second kappa shape index (κ2) is 6.68. The van der Waals surface area contributed by atoms with Crippen molar-refractivity contribution >= 4 is 11.9 Å². The number of carboxylic acid groups (broad SMARTS) is 1. The van der Waals surface area contributed by atoms with E-state index in [0.29, 0.717) is 6.42 Å². The highest BCUT2D eigenvalue weighted by Crippen LogP contribution is 2.08. The Morgan fingerprint density at radius 1 is 1.29 bits per heavy atom. The lowest BCUT2D eigenvalue weighted by atomic mass is 10.1. The number of aliphatic carboxylic acids is 1. The van der Waals surface area contributed by atoms with Gasteiger partial charge in [-0.2, -0.15) is 0 Å². The molecular formula is C13H16O4. The molecule has 17 heavy (non-hydrogen) atoms. The Hall–Kier alpha value is -1.84. The number of esters is 1. The Morgan fingerprint density at radius 2 is 1.94 bits per heavy atom. The molecule has 1 unspecified atom stereocenters. The molecule has 0 aliphatic heterocycles. The molecule has 0 saturated heterocycles. The zero-order valence-corrected chi connectivity index (χ0v) is 9.76. The summed E-state index contributed by atoms with van der Waals surface area (Å²) in [5.74, 6) is -1.76. The standard InChI is InChI=1S/C13H16O4/c1-10(13(15)16)7-8-12(14)17-9-11-5-3-2-4-6-11/h2-6,10H,7-9H2,1H3,(H,15,16). The zero-order chi connectivity index (χ0) is 12.7. The molecule has 0 amide bonds. The molecule has 1 N–H and O–H groups in total. The monoisotopic (exact) mass is 236 g/mol. The molecule has 4 nitrogen and oxygen atoms in total. The van der Waals surface area contributed by atoms with Gasteiger partial charge in [0.05, 0.1) is 5.92 Å². The Labute approximate surface area is 100 Å². The lowest BCUT2D eigenvalue weighted by Gasteiger charge is -2.06. The topological polar surface area (TPSA) is 63.6 Å². The van der Waals surface area contributed by atoms with Gasteiger partial charge in [-0.05, 0) is 12.0 Å². The van der Waals surface area contributed by atoms with E-state index in [9.17, 15) is 9.59 Å². The molecule has 1 rings (SSSR count). The number of ether oxygens (including phenoxy) is 1. The number of hydrogen-bond acceptors (Lipinski definition) is 3. The normalized spacial score (nSPS) is 11.8. The minimum absolute atomic E-state index is 0.139. The third-order valence-corrected chi connectivity index (χ3v) is 2.45. The first kappa shape index (κ1) is 13.2. The van der Waals surface area contributed by atoms with Crippen molar-refractivity contribution in [1.29, 1.82) is 0 Å². The molecule has 0 aliphatic rings. The Bertz CT molecular complexity index is 372. The van der Waals surface area contributed by atoms with Gasteiger partial charge in [0, 0.05) is 6.42 Å². The van der Waals surface area contributed by atoms with Gasteiger partial charge in [0.2, 0.25) is 0 Å². The number of hydrogen-bond donors (Lipinski definition) is 1. The van der Waals surface area contributed by atoms with Crippen molar-refractivity contribution in [1.82, 2.24) is 0 Å². The Morgan fingerprint density at radius 3 is 2.53 bits per heavy atom. The van der Waals surface area contributed by atoms with Gasteiger partial charge in [0.25, 0.3) is 0 Å². The molecular weight excluding hydrogens is 220 g/mol. The van der Waals surface area contributed by atoms with E-state index in [1.54, 1.807) is 6.92 Å². The molecule has 92 valence electrons. The quantitative estimate of drug-likeness (QED) is 0.769. The first-order valence-electron chi connectivity index (χ1n) is 5.52. The van der Waals surface area contributed by atoms with E-state index in [4.69, 9.17) is 9.84 Å². The maximum atomic E-state index is 11.3. The average Bonchev–Trinajstić information content (AvgIpc) is 2.34. The minimum atomic E-state index is -0.888. The van der Waals surface area contributed by atoms with Crippen LogP contribution in [0.15, 0.2) is 30.3 Å². The molecule has 0 bridgehead atoms. The maximum absolute atomic E-state index is 11.3. The molecule has 0 heterocycles. The van der Waals surface area contributed by atoms with Crippen LogP contribution >= 0.6 is 0 Å². The molecule has 0 aromatic heterocycles. The smallest absolute Gasteiger partial charge is 0.306 e. The van der Waals surface area contributed by atoms with Crippen molar-refractivity contribution in [3.8, 4) is 0 Å². The van der Waals surface area contributed by atoms with E-state index in [0.717, 1.165) is 5.56 Å². The van der Waals surface area contributed by atoms with Crippen LogP contribution in [0.2, 0.25) is 0 Å². The fourth-order valence-corrected chi connectivity index (χ4v) is 1.27. The van der Waals surface area contributed by atoms with Crippen molar-refractivity contribution in [2.24, 2.45) is 5.92 Å². The SMILES string of the molecule is CC(CCC(=O)OCc1ccccc1)C(=O)O. The first-order valence-corrected chi connectivity index (χ1v) is 5.52. The maximum Gasteiger partial charge on any atom is 0.306 e. The third-order valence-electron chi connectivity index (χ3n) is 2.45. The highest BCUT2D eigenvalue weighted by atomic mass is 16.5. The summed E-state index contributed by atoms with van der Waals surface area (Å²) >= 11 is 0. The van der Waals surface area contributed by atoms with Crippen molar-refractivity contribution in [3.63, 3.8) is 0 Å². The summed E-state index contributed by atoms with van der Waals surface area (Å²) in [7, 11) is 0. The van der Waals surface area contributed by atoms with Crippen LogP contribution in [0.5, 0.6) is 0 Å². The number of rotatable bonds is 6. The van der Waals surface area contributed by atoms with Gasteiger partial charge in [-0.3, -0.25) is 9.59 Å².